The lowest BCUT2D eigenvalue weighted by Crippen LogP contribution is -2.67. The van der Waals surface area contributed by atoms with Crippen LogP contribution in [0.4, 0.5) is 15.3 Å². The minimum absolute atomic E-state index is 0.113. The van der Waals surface area contributed by atoms with Crippen LogP contribution in [0.25, 0.3) is 0 Å². The molecule has 156 valence electrons. The van der Waals surface area contributed by atoms with Crippen LogP contribution in [0.15, 0.2) is 24.3 Å². The molecule has 2 heterocycles. The Hall–Kier alpha value is -2.77. The van der Waals surface area contributed by atoms with Crippen LogP contribution in [0, 0.1) is 5.41 Å². The summed E-state index contributed by atoms with van der Waals surface area (Å²) in [6.07, 6.45) is 1.47. The van der Waals surface area contributed by atoms with E-state index in [0.717, 1.165) is 18.5 Å². The zero-order chi connectivity index (χ0) is 20.8. The van der Waals surface area contributed by atoms with Crippen molar-refractivity contribution in [2.45, 2.75) is 45.3 Å². The minimum Gasteiger partial charge on any atom is -0.444 e. The first-order valence-electron chi connectivity index (χ1n) is 10.1. The van der Waals surface area contributed by atoms with Gasteiger partial charge in [0.25, 0.3) is 5.91 Å². The van der Waals surface area contributed by atoms with E-state index in [2.05, 4.69) is 10.6 Å². The SMILES string of the molecule is CC(C)(C)OC(=O)N1CC2(CC(NC(=O)c3cccc(N4CCNC4=O)c3)C2)C1. The van der Waals surface area contributed by atoms with Crippen molar-refractivity contribution in [2.24, 2.45) is 5.41 Å². The predicted molar refractivity (Wildman–Crippen MR) is 108 cm³/mol. The largest absolute Gasteiger partial charge is 0.444 e. The maximum atomic E-state index is 12.6. The van der Waals surface area contributed by atoms with Crippen molar-refractivity contribution in [3.8, 4) is 0 Å². The quantitative estimate of drug-likeness (QED) is 0.815. The maximum Gasteiger partial charge on any atom is 0.410 e. The Kier molecular flexibility index (Phi) is 4.67. The molecule has 0 atom stereocenters. The van der Waals surface area contributed by atoms with Gasteiger partial charge in [-0.25, -0.2) is 9.59 Å². The second kappa shape index (κ2) is 6.93. The topological polar surface area (TPSA) is 91.0 Å². The lowest BCUT2D eigenvalue weighted by Gasteiger charge is -2.58. The lowest BCUT2D eigenvalue weighted by molar-refractivity contribution is -0.0812. The molecule has 1 aromatic rings. The Labute approximate surface area is 170 Å². The van der Waals surface area contributed by atoms with Gasteiger partial charge < -0.3 is 20.3 Å². The summed E-state index contributed by atoms with van der Waals surface area (Å²) in [5.74, 6) is -0.130. The summed E-state index contributed by atoms with van der Waals surface area (Å²) in [5.41, 5.74) is 0.904. The second-order valence-electron chi connectivity index (χ2n) is 9.35. The molecule has 8 heteroatoms. The highest BCUT2D eigenvalue weighted by molar-refractivity contribution is 5.98. The highest BCUT2D eigenvalue weighted by Gasteiger charge is 2.54. The third kappa shape index (κ3) is 4.02. The van der Waals surface area contributed by atoms with E-state index in [4.69, 9.17) is 4.74 Å². The molecule has 1 aromatic carbocycles. The Bertz CT molecular complexity index is 833. The summed E-state index contributed by atoms with van der Waals surface area (Å²) < 4.78 is 5.40. The number of likely N-dealkylation sites (tertiary alicyclic amines) is 1. The van der Waals surface area contributed by atoms with Crippen LogP contribution in [-0.4, -0.2) is 60.8 Å². The predicted octanol–water partition coefficient (Wildman–Crippen LogP) is 2.35. The van der Waals surface area contributed by atoms with E-state index in [0.29, 0.717) is 31.7 Å². The van der Waals surface area contributed by atoms with Crippen LogP contribution in [0.5, 0.6) is 0 Å². The molecule has 0 unspecified atom stereocenters. The van der Waals surface area contributed by atoms with Crippen LogP contribution in [0.1, 0.15) is 44.0 Å². The summed E-state index contributed by atoms with van der Waals surface area (Å²) in [5, 5.41) is 5.84. The number of carbonyl (C=O) groups is 3. The number of ether oxygens (including phenoxy) is 1. The number of rotatable bonds is 3. The van der Waals surface area contributed by atoms with Crippen molar-refractivity contribution in [1.82, 2.24) is 15.5 Å². The number of benzene rings is 1. The molecule has 2 saturated heterocycles. The van der Waals surface area contributed by atoms with Gasteiger partial charge in [0.1, 0.15) is 5.60 Å². The average molecular weight is 400 g/mol. The van der Waals surface area contributed by atoms with Gasteiger partial charge in [0.15, 0.2) is 0 Å². The fourth-order valence-electron chi connectivity index (χ4n) is 4.37. The fourth-order valence-corrected chi connectivity index (χ4v) is 4.37. The molecule has 2 aliphatic heterocycles. The Morgan fingerprint density at radius 1 is 1.24 bits per heavy atom. The first kappa shape index (κ1) is 19.5. The summed E-state index contributed by atoms with van der Waals surface area (Å²) in [6, 6.07) is 7.12. The van der Waals surface area contributed by atoms with E-state index in [1.807, 2.05) is 26.8 Å². The zero-order valence-electron chi connectivity index (χ0n) is 17.2. The van der Waals surface area contributed by atoms with Gasteiger partial charge in [-0.15, -0.1) is 0 Å². The molecule has 8 nitrogen and oxygen atoms in total. The minimum atomic E-state index is -0.486. The van der Waals surface area contributed by atoms with E-state index in [-0.39, 0.29) is 29.5 Å². The number of carbonyl (C=O) groups excluding carboxylic acids is 3. The third-order valence-electron chi connectivity index (χ3n) is 5.68. The Balaban J connectivity index is 1.27. The summed E-state index contributed by atoms with van der Waals surface area (Å²) in [6.45, 7) is 8.17. The molecule has 2 N–H and O–H groups in total. The molecule has 4 rings (SSSR count). The van der Waals surface area contributed by atoms with Crippen LogP contribution in [0.2, 0.25) is 0 Å². The summed E-state index contributed by atoms with van der Waals surface area (Å²) in [4.78, 5) is 39.9. The van der Waals surface area contributed by atoms with Crippen molar-refractivity contribution >= 4 is 23.7 Å². The van der Waals surface area contributed by atoms with E-state index < -0.39 is 5.60 Å². The van der Waals surface area contributed by atoms with Crippen LogP contribution in [0.3, 0.4) is 0 Å². The van der Waals surface area contributed by atoms with Crippen molar-refractivity contribution in [1.29, 1.82) is 0 Å². The monoisotopic (exact) mass is 400 g/mol. The molecule has 1 aliphatic carbocycles. The second-order valence-corrected chi connectivity index (χ2v) is 9.35. The molecular weight excluding hydrogens is 372 g/mol. The Morgan fingerprint density at radius 3 is 2.59 bits per heavy atom. The molecule has 0 bridgehead atoms. The van der Waals surface area contributed by atoms with Crippen LogP contribution < -0.4 is 15.5 Å². The van der Waals surface area contributed by atoms with Crippen LogP contribution >= 0.6 is 0 Å². The highest BCUT2D eigenvalue weighted by atomic mass is 16.6. The molecule has 3 aliphatic rings. The molecule has 4 amide bonds. The molecular formula is C21H28N4O4. The lowest BCUT2D eigenvalue weighted by atomic mass is 9.60. The van der Waals surface area contributed by atoms with E-state index in [1.165, 1.54) is 0 Å². The molecule has 3 fully saturated rings. The first-order valence-corrected chi connectivity index (χ1v) is 10.1. The van der Waals surface area contributed by atoms with Gasteiger partial charge in [-0.3, -0.25) is 9.69 Å². The summed E-state index contributed by atoms with van der Waals surface area (Å²) >= 11 is 0. The number of nitrogens with one attached hydrogen (secondary N) is 2. The standard InChI is InChI=1S/C21H28N4O4/c1-20(2,3)29-19(28)24-12-21(13-24)10-15(11-21)23-17(26)14-5-4-6-16(9-14)25-8-7-22-18(25)27/h4-6,9,15H,7-8,10-13H2,1-3H3,(H,22,27)(H,23,26). The van der Waals surface area contributed by atoms with Gasteiger partial charge in [-0.2, -0.15) is 0 Å². The van der Waals surface area contributed by atoms with Crippen LogP contribution in [-0.2, 0) is 4.74 Å². The normalized spacial score (nSPS) is 20.7. The van der Waals surface area contributed by atoms with Gasteiger partial charge in [0.2, 0.25) is 0 Å². The van der Waals surface area contributed by atoms with Gasteiger partial charge in [0.05, 0.1) is 0 Å². The van der Waals surface area contributed by atoms with Gasteiger partial charge in [-0.05, 0) is 51.8 Å². The number of nitrogens with zero attached hydrogens (tertiary/aromatic N) is 2. The number of hydrogen-bond acceptors (Lipinski definition) is 4. The maximum absolute atomic E-state index is 12.6. The highest BCUT2D eigenvalue weighted by Crippen LogP contribution is 2.48. The van der Waals surface area contributed by atoms with Crippen molar-refractivity contribution in [2.75, 3.05) is 31.1 Å². The molecule has 0 radical (unpaired) electrons. The van der Waals surface area contributed by atoms with E-state index in [9.17, 15) is 14.4 Å². The summed E-state index contributed by atoms with van der Waals surface area (Å²) in [7, 11) is 0. The van der Waals surface area contributed by atoms with Crippen molar-refractivity contribution in [3.05, 3.63) is 29.8 Å². The van der Waals surface area contributed by atoms with E-state index in [1.54, 1.807) is 28.0 Å². The smallest absolute Gasteiger partial charge is 0.410 e. The number of anilines is 1. The first-order chi connectivity index (χ1) is 13.6. The number of amides is 4. The molecule has 0 aromatic heterocycles. The zero-order valence-corrected chi connectivity index (χ0v) is 17.2. The van der Waals surface area contributed by atoms with Gasteiger partial charge >= 0.3 is 12.1 Å². The Morgan fingerprint density at radius 2 is 1.97 bits per heavy atom. The van der Waals surface area contributed by atoms with E-state index >= 15 is 0 Å². The molecule has 1 saturated carbocycles. The van der Waals surface area contributed by atoms with Gasteiger partial charge in [-0.1, -0.05) is 6.07 Å². The van der Waals surface area contributed by atoms with Gasteiger partial charge in [0, 0.05) is 48.9 Å². The fraction of sp³-hybridized carbons (Fsp3) is 0.571. The molecule has 1 spiro atoms. The third-order valence-corrected chi connectivity index (χ3v) is 5.68. The number of hydrogen-bond donors (Lipinski definition) is 2. The van der Waals surface area contributed by atoms with Crippen molar-refractivity contribution < 1.29 is 19.1 Å². The number of urea groups is 1. The molecule has 29 heavy (non-hydrogen) atoms. The van der Waals surface area contributed by atoms with Crippen molar-refractivity contribution in [3.63, 3.8) is 0 Å². The average Bonchev–Trinajstić information content (AvgIpc) is 3.00.